The number of nitrogens with one attached hydrogen (secondary N) is 1. The molecule has 69 valence electrons. The van der Waals surface area contributed by atoms with Crippen molar-refractivity contribution in [3.8, 4) is 5.75 Å². The van der Waals surface area contributed by atoms with E-state index in [0.717, 1.165) is 5.39 Å². The number of aromatic hydroxyl groups is 1. The highest BCUT2D eigenvalue weighted by molar-refractivity contribution is 5.85. The van der Waals surface area contributed by atoms with Crippen molar-refractivity contribution in [3.63, 3.8) is 0 Å². The van der Waals surface area contributed by atoms with Crippen LogP contribution in [0.3, 0.4) is 0 Å². The SMILES string of the molecule is [CH]=NNc1ccc2cccc(O)c2n1. The molecule has 14 heavy (non-hydrogen) atoms. The van der Waals surface area contributed by atoms with Crippen molar-refractivity contribution in [3.05, 3.63) is 30.3 Å². The van der Waals surface area contributed by atoms with Crippen LogP contribution in [0.1, 0.15) is 0 Å². The number of pyridine rings is 1. The number of hydrazone groups is 1. The van der Waals surface area contributed by atoms with Crippen molar-refractivity contribution < 1.29 is 5.11 Å². The molecular weight excluding hydrogens is 178 g/mol. The smallest absolute Gasteiger partial charge is 0.147 e. The second-order valence-corrected chi connectivity index (χ2v) is 2.79. The first-order valence-corrected chi connectivity index (χ1v) is 4.06. The average molecular weight is 186 g/mol. The number of hydrogen-bond donors (Lipinski definition) is 2. The van der Waals surface area contributed by atoms with Crippen molar-refractivity contribution in [2.45, 2.75) is 0 Å². The molecule has 1 aromatic carbocycles. The summed E-state index contributed by atoms with van der Waals surface area (Å²) >= 11 is 0. The van der Waals surface area contributed by atoms with Gasteiger partial charge in [-0.15, -0.1) is 0 Å². The summed E-state index contributed by atoms with van der Waals surface area (Å²) in [5.74, 6) is 0.643. The van der Waals surface area contributed by atoms with Crippen LogP contribution in [0.2, 0.25) is 0 Å². The van der Waals surface area contributed by atoms with E-state index in [4.69, 9.17) is 6.72 Å². The molecule has 0 aliphatic rings. The number of phenolic OH excluding ortho intramolecular Hbond substituents is 1. The molecule has 4 nitrogen and oxygen atoms in total. The number of benzene rings is 1. The number of anilines is 1. The van der Waals surface area contributed by atoms with Gasteiger partial charge in [0.05, 0.1) is 6.72 Å². The van der Waals surface area contributed by atoms with Gasteiger partial charge < -0.3 is 5.11 Å². The molecule has 2 aromatic rings. The zero-order valence-electron chi connectivity index (χ0n) is 7.31. The van der Waals surface area contributed by atoms with E-state index in [1.54, 1.807) is 18.2 Å². The summed E-state index contributed by atoms with van der Waals surface area (Å²) in [4.78, 5) is 4.13. The van der Waals surface area contributed by atoms with Crippen LogP contribution in [0.15, 0.2) is 35.4 Å². The van der Waals surface area contributed by atoms with Gasteiger partial charge in [-0.25, -0.2) is 4.98 Å². The summed E-state index contributed by atoms with van der Waals surface area (Å²) < 4.78 is 0. The maximum atomic E-state index is 9.51. The van der Waals surface area contributed by atoms with E-state index in [0.29, 0.717) is 11.3 Å². The minimum atomic E-state index is 0.142. The molecule has 2 rings (SSSR count). The maximum absolute atomic E-state index is 9.51. The van der Waals surface area contributed by atoms with Crippen LogP contribution < -0.4 is 5.43 Å². The Kier molecular flexibility index (Phi) is 2.02. The van der Waals surface area contributed by atoms with Gasteiger partial charge in [-0.2, -0.15) is 5.10 Å². The van der Waals surface area contributed by atoms with Crippen molar-refractivity contribution >= 4 is 23.4 Å². The lowest BCUT2D eigenvalue weighted by molar-refractivity contribution is 0.480. The highest BCUT2D eigenvalue weighted by Gasteiger charge is 2.01. The fourth-order valence-corrected chi connectivity index (χ4v) is 1.26. The number of para-hydroxylation sites is 1. The molecule has 1 aromatic heterocycles. The summed E-state index contributed by atoms with van der Waals surface area (Å²) in [5.41, 5.74) is 3.04. The summed E-state index contributed by atoms with van der Waals surface area (Å²) in [6, 6.07) is 8.78. The summed E-state index contributed by atoms with van der Waals surface area (Å²) in [6.45, 7) is 4.95. The molecule has 0 bridgehead atoms. The number of aromatic nitrogens is 1. The Morgan fingerprint density at radius 1 is 1.29 bits per heavy atom. The van der Waals surface area contributed by atoms with Crippen LogP contribution >= 0.6 is 0 Å². The lowest BCUT2D eigenvalue weighted by Gasteiger charge is -2.02. The molecule has 1 radical (unpaired) electrons. The molecule has 0 saturated carbocycles. The van der Waals surface area contributed by atoms with Crippen LogP contribution in [-0.4, -0.2) is 16.8 Å². The van der Waals surface area contributed by atoms with Gasteiger partial charge in [-0.3, -0.25) is 5.43 Å². The maximum Gasteiger partial charge on any atom is 0.147 e. The molecule has 0 saturated heterocycles. The van der Waals surface area contributed by atoms with E-state index in [1.165, 1.54) is 0 Å². The second-order valence-electron chi connectivity index (χ2n) is 2.79. The highest BCUT2D eigenvalue weighted by Crippen LogP contribution is 2.23. The van der Waals surface area contributed by atoms with Gasteiger partial charge in [0.25, 0.3) is 0 Å². The molecule has 4 heteroatoms. The lowest BCUT2D eigenvalue weighted by atomic mass is 10.2. The van der Waals surface area contributed by atoms with Crippen molar-refractivity contribution in [1.82, 2.24) is 4.98 Å². The predicted molar refractivity (Wildman–Crippen MR) is 55.5 cm³/mol. The molecule has 2 N–H and O–H groups in total. The molecular formula is C10H8N3O. The van der Waals surface area contributed by atoms with Gasteiger partial charge in [-0.1, -0.05) is 12.1 Å². The third-order valence-corrected chi connectivity index (χ3v) is 1.88. The van der Waals surface area contributed by atoms with E-state index in [2.05, 4.69) is 15.5 Å². The standard InChI is InChI=1S/C10H8N3O/c1-11-13-9-6-5-7-3-2-4-8(14)10(7)12-9/h1-6,14H,(H,12,13). The largest absolute Gasteiger partial charge is 0.506 e. The van der Waals surface area contributed by atoms with E-state index < -0.39 is 0 Å². The number of phenols is 1. The fourth-order valence-electron chi connectivity index (χ4n) is 1.26. The van der Waals surface area contributed by atoms with Gasteiger partial charge in [0.2, 0.25) is 0 Å². The molecule has 0 fully saturated rings. The van der Waals surface area contributed by atoms with Crippen molar-refractivity contribution in [2.24, 2.45) is 5.10 Å². The first-order valence-electron chi connectivity index (χ1n) is 4.06. The molecule has 0 spiro atoms. The van der Waals surface area contributed by atoms with Crippen LogP contribution in [-0.2, 0) is 0 Å². The third kappa shape index (κ3) is 1.37. The van der Waals surface area contributed by atoms with Crippen LogP contribution in [0.5, 0.6) is 5.75 Å². The van der Waals surface area contributed by atoms with Crippen molar-refractivity contribution in [1.29, 1.82) is 0 Å². The van der Waals surface area contributed by atoms with Gasteiger partial charge in [0.15, 0.2) is 0 Å². The Bertz CT molecular complexity index is 482. The van der Waals surface area contributed by atoms with Crippen molar-refractivity contribution in [2.75, 3.05) is 5.43 Å². The number of rotatable bonds is 2. The molecule has 0 aliphatic carbocycles. The molecule has 1 heterocycles. The van der Waals surface area contributed by atoms with E-state index in [9.17, 15) is 5.11 Å². The summed E-state index contributed by atoms with van der Waals surface area (Å²) in [7, 11) is 0. The lowest BCUT2D eigenvalue weighted by Crippen LogP contribution is -1.90. The van der Waals surface area contributed by atoms with E-state index in [-0.39, 0.29) is 5.75 Å². The zero-order chi connectivity index (χ0) is 9.97. The number of fused-ring (bicyclic) bond motifs is 1. The second kappa shape index (κ2) is 3.33. The summed E-state index contributed by atoms with van der Waals surface area (Å²) in [6.07, 6.45) is 0. The van der Waals surface area contributed by atoms with E-state index in [1.807, 2.05) is 12.1 Å². The van der Waals surface area contributed by atoms with Crippen LogP contribution in [0, 0.1) is 0 Å². The monoisotopic (exact) mass is 186 g/mol. The Labute approximate surface area is 80.9 Å². The van der Waals surface area contributed by atoms with Gasteiger partial charge in [0.1, 0.15) is 17.1 Å². The van der Waals surface area contributed by atoms with Crippen LogP contribution in [0.25, 0.3) is 10.9 Å². The topological polar surface area (TPSA) is 57.5 Å². The number of nitrogens with zero attached hydrogens (tertiary/aromatic N) is 2. The molecule has 0 aliphatic heterocycles. The van der Waals surface area contributed by atoms with Gasteiger partial charge >= 0.3 is 0 Å². The van der Waals surface area contributed by atoms with Gasteiger partial charge in [-0.05, 0) is 18.2 Å². The highest BCUT2D eigenvalue weighted by atomic mass is 16.3. The third-order valence-electron chi connectivity index (χ3n) is 1.88. The minimum Gasteiger partial charge on any atom is -0.506 e. The Morgan fingerprint density at radius 2 is 2.14 bits per heavy atom. The van der Waals surface area contributed by atoms with Crippen LogP contribution in [0.4, 0.5) is 5.82 Å². The summed E-state index contributed by atoms with van der Waals surface area (Å²) in [5, 5.41) is 13.6. The first kappa shape index (κ1) is 8.50. The Morgan fingerprint density at radius 3 is 2.93 bits per heavy atom. The molecule has 0 unspecified atom stereocenters. The minimum absolute atomic E-state index is 0.142. The van der Waals surface area contributed by atoms with E-state index >= 15 is 0 Å². The number of hydrogen-bond acceptors (Lipinski definition) is 4. The zero-order valence-corrected chi connectivity index (χ0v) is 7.31. The molecule has 0 atom stereocenters. The fraction of sp³-hybridized carbons (Fsp3) is 0. The molecule has 0 amide bonds. The quantitative estimate of drug-likeness (QED) is 0.555. The Hall–Kier alpha value is -2.10. The predicted octanol–water partition coefficient (Wildman–Crippen LogP) is 1.84. The Balaban J connectivity index is 2.63. The average Bonchev–Trinajstić information content (AvgIpc) is 2.20. The normalized spacial score (nSPS) is 10.0. The first-order chi connectivity index (χ1) is 6.81. The van der Waals surface area contributed by atoms with Gasteiger partial charge in [0, 0.05) is 5.39 Å².